The Balaban J connectivity index is 1.53. The molecule has 0 spiro atoms. The van der Waals surface area contributed by atoms with Gasteiger partial charge in [-0.2, -0.15) is 0 Å². The van der Waals surface area contributed by atoms with E-state index in [4.69, 9.17) is 14.2 Å². The largest absolute Gasteiger partial charge is 0.491 e. The number of anilines is 1. The van der Waals surface area contributed by atoms with Gasteiger partial charge in [-0.05, 0) is 85.2 Å². The molecule has 2 aromatic rings. The maximum Gasteiger partial charge on any atom is 0.334 e. The zero-order chi connectivity index (χ0) is 23.0. The fourth-order valence-electron chi connectivity index (χ4n) is 4.58. The lowest BCUT2D eigenvalue weighted by Gasteiger charge is -2.32. The molecule has 0 saturated carbocycles. The number of esters is 1. The van der Waals surface area contributed by atoms with Crippen LogP contribution in [0.25, 0.3) is 17.2 Å². The van der Waals surface area contributed by atoms with E-state index in [-0.39, 0.29) is 5.97 Å². The quantitative estimate of drug-likeness (QED) is 0.346. The van der Waals surface area contributed by atoms with Gasteiger partial charge in [0, 0.05) is 31.0 Å². The molecular formula is C28H35NO4. The van der Waals surface area contributed by atoms with Crippen LogP contribution in [0.3, 0.4) is 0 Å². The Morgan fingerprint density at radius 3 is 2.61 bits per heavy atom. The summed E-state index contributed by atoms with van der Waals surface area (Å²) in [6.45, 7) is 8.28. The van der Waals surface area contributed by atoms with Crippen LogP contribution in [-0.2, 0) is 20.7 Å². The Labute approximate surface area is 197 Å². The van der Waals surface area contributed by atoms with Crippen LogP contribution in [0, 0.1) is 0 Å². The van der Waals surface area contributed by atoms with Gasteiger partial charge in [0.1, 0.15) is 12.4 Å². The molecule has 176 valence electrons. The van der Waals surface area contributed by atoms with E-state index in [2.05, 4.69) is 36.1 Å². The predicted molar refractivity (Wildman–Crippen MR) is 133 cm³/mol. The molecule has 2 aliphatic rings. The van der Waals surface area contributed by atoms with Crippen molar-refractivity contribution in [2.45, 2.75) is 46.0 Å². The number of aryl methyl sites for hydroxylation is 1. The highest BCUT2D eigenvalue weighted by Crippen LogP contribution is 2.39. The lowest BCUT2D eigenvalue weighted by molar-refractivity contribution is -0.138. The van der Waals surface area contributed by atoms with Crippen molar-refractivity contribution in [1.29, 1.82) is 0 Å². The zero-order valence-electron chi connectivity index (χ0n) is 19.9. The Morgan fingerprint density at radius 1 is 0.970 bits per heavy atom. The van der Waals surface area contributed by atoms with E-state index in [0.717, 1.165) is 74.3 Å². The molecule has 0 radical (unpaired) electrons. The second-order valence-electron chi connectivity index (χ2n) is 8.64. The van der Waals surface area contributed by atoms with Crippen LogP contribution < -0.4 is 9.64 Å². The van der Waals surface area contributed by atoms with E-state index in [9.17, 15) is 4.79 Å². The number of carbonyl (C=O) groups excluding carboxylic acids is 1. The van der Waals surface area contributed by atoms with Crippen LogP contribution in [0.1, 0.15) is 50.7 Å². The minimum atomic E-state index is -0.198. The van der Waals surface area contributed by atoms with Crippen LogP contribution in [0.4, 0.5) is 5.69 Å². The number of hydrogen-bond acceptors (Lipinski definition) is 5. The summed E-state index contributed by atoms with van der Waals surface area (Å²) in [7, 11) is 0. The summed E-state index contributed by atoms with van der Waals surface area (Å²) in [5.41, 5.74) is 6.84. The van der Waals surface area contributed by atoms with Crippen molar-refractivity contribution >= 4 is 17.7 Å². The summed E-state index contributed by atoms with van der Waals surface area (Å²) in [6, 6.07) is 12.8. The molecule has 2 aliphatic heterocycles. The summed E-state index contributed by atoms with van der Waals surface area (Å²) in [5.74, 6) is 0.654. The highest BCUT2D eigenvalue weighted by atomic mass is 16.5. The van der Waals surface area contributed by atoms with Gasteiger partial charge in [-0.1, -0.05) is 25.5 Å². The molecule has 2 heterocycles. The standard InChI is InChI=1S/C28H35NO4/c1-3-5-15-31-16-17-33-26-10-8-21(9-11-26)24-18-22-7-6-13-29-14-12-23(28(30)32-4-2)19-25(20-24)27(22)29/h8-11,18-20H,3-7,12-17H2,1-2H3. The van der Waals surface area contributed by atoms with Crippen LogP contribution in [0.15, 0.2) is 42.0 Å². The van der Waals surface area contributed by atoms with Crippen LogP contribution >= 0.6 is 0 Å². The van der Waals surface area contributed by atoms with E-state index in [1.165, 1.54) is 16.8 Å². The first-order valence-electron chi connectivity index (χ1n) is 12.3. The number of carbonyl (C=O) groups is 1. The molecular weight excluding hydrogens is 414 g/mol. The van der Waals surface area contributed by atoms with Gasteiger partial charge in [-0.25, -0.2) is 4.79 Å². The highest BCUT2D eigenvalue weighted by molar-refractivity contribution is 5.96. The molecule has 0 saturated heterocycles. The number of ether oxygens (including phenoxy) is 3. The van der Waals surface area contributed by atoms with Crippen molar-refractivity contribution in [2.75, 3.05) is 44.4 Å². The molecule has 5 heteroatoms. The smallest absolute Gasteiger partial charge is 0.334 e. The number of rotatable bonds is 10. The van der Waals surface area contributed by atoms with Crippen LogP contribution in [0.2, 0.25) is 0 Å². The summed E-state index contributed by atoms with van der Waals surface area (Å²) in [4.78, 5) is 14.9. The molecule has 4 rings (SSSR count). The fourth-order valence-corrected chi connectivity index (χ4v) is 4.58. The fraction of sp³-hybridized carbons (Fsp3) is 0.464. The Hall–Kier alpha value is -2.79. The molecule has 2 aromatic carbocycles. The first-order chi connectivity index (χ1) is 16.2. The monoisotopic (exact) mass is 449 g/mol. The summed E-state index contributed by atoms with van der Waals surface area (Å²) < 4.78 is 16.7. The number of unbranched alkanes of at least 4 members (excludes halogenated alkanes) is 1. The topological polar surface area (TPSA) is 48.0 Å². The van der Waals surface area contributed by atoms with Gasteiger partial charge >= 0.3 is 5.97 Å². The molecule has 5 nitrogen and oxygen atoms in total. The van der Waals surface area contributed by atoms with Crippen molar-refractivity contribution in [3.63, 3.8) is 0 Å². The van der Waals surface area contributed by atoms with E-state index in [1.807, 2.05) is 25.1 Å². The van der Waals surface area contributed by atoms with Gasteiger partial charge in [0.25, 0.3) is 0 Å². The van der Waals surface area contributed by atoms with Gasteiger partial charge < -0.3 is 19.1 Å². The summed E-state index contributed by atoms with van der Waals surface area (Å²) in [5, 5.41) is 0. The second-order valence-corrected chi connectivity index (χ2v) is 8.64. The Morgan fingerprint density at radius 2 is 1.82 bits per heavy atom. The maximum absolute atomic E-state index is 12.5. The Kier molecular flexibility index (Phi) is 8.05. The van der Waals surface area contributed by atoms with Gasteiger partial charge in [0.15, 0.2) is 0 Å². The Bertz CT molecular complexity index is 980. The maximum atomic E-state index is 12.5. The SMILES string of the molecule is CCCCOCCOc1ccc(-c2cc3c4c(c2)CCCN4CCC(C(=O)OCC)=C3)cc1. The molecule has 0 fully saturated rings. The molecule has 0 N–H and O–H groups in total. The number of benzene rings is 2. The van der Waals surface area contributed by atoms with Crippen molar-refractivity contribution in [1.82, 2.24) is 0 Å². The number of nitrogens with zero attached hydrogens (tertiary/aromatic N) is 1. The molecule has 33 heavy (non-hydrogen) atoms. The van der Waals surface area contributed by atoms with Crippen LogP contribution in [0.5, 0.6) is 5.75 Å². The molecule has 0 aromatic heterocycles. The number of hydrogen-bond donors (Lipinski definition) is 0. The van der Waals surface area contributed by atoms with Gasteiger partial charge in [0.05, 0.1) is 13.2 Å². The third kappa shape index (κ3) is 5.77. The minimum absolute atomic E-state index is 0.198. The van der Waals surface area contributed by atoms with Crippen molar-refractivity contribution in [2.24, 2.45) is 0 Å². The average molecular weight is 450 g/mol. The van der Waals surface area contributed by atoms with Crippen molar-refractivity contribution < 1.29 is 19.0 Å². The van der Waals surface area contributed by atoms with E-state index in [0.29, 0.717) is 19.8 Å². The first kappa shape index (κ1) is 23.4. The lowest BCUT2D eigenvalue weighted by atomic mass is 9.92. The molecule has 0 atom stereocenters. The van der Waals surface area contributed by atoms with E-state index in [1.54, 1.807) is 0 Å². The average Bonchev–Trinajstić information content (AvgIpc) is 3.03. The summed E-state index contributed by atoms with van der Waals surface area (Å²) in [6.07, 6.45) is 7.20. The lowest BCUT2D eigenvalue weighted by Crippen LogP contribution is -2.30. The van der Waals surface area contributed by atoms with Crippen LogP contribution in [-0.4, -0.2) is 45.5 Å². The van der Waals surface area contributed by atoms with Gasteiger partial charge in [-0.15, -0.1) is 0 Å². The molecule has 0 bridgehead atoms. The first-order valence-corrected chi connectivity index (χ1v) is 12.3. The molecule has 0 aliphatic carbocycles. The van der Waals surface area contributed by atoms with E-state index >= 15 is 0 Å². The van der Waals surface area contributed by atoms with Crippen molar-refractivity contribution in [3.8, 4) is 16.9 Å². The zero-order valence-corrected chi connectivity index (χ0v) is 19.9. The molecule has 0 unspecified atom stereocenters. The highest BCUT2D eigenvalue weighted by Gasteiger charge is 2.25. The van der Waals surface area contributed by atoms with Gasteiger partial charge in [-0.3, -0.25) is 0 Å². The third-order valence-corrected chi connectivity index (χ3v) is 6.25. The van der Waals surface area contributed by atoms with Crippen molar-refractivity contribution in [3.05, 3.63) is 53.1 Å². The summed E-state index contributed by atoms with van der Waals surface area (Å²) >= 11 is 0. The van der Waals surface area contributed by atoms with E-state index < -0.39 is 0 Å². The minimum Gasteiger partial charge on any atom is -0.491 e. The normalized spacial score (nSPS) is 14.8. The third-order valence-electron chi connectivity index (χ3n) is 6.25. The molecule has 0 amide bonds. The predicted octanol–water partition coefficient (Wildman–Crippen LogP) is 5.65. The second kappa shape index (κ2) is 11.4. The van der Waals surface area contributed by atoms with Gasteiger partial charge in [0.2, 0.25) is 0 Å².